The van der Waals surface area contributed by atoms with E-state index in [-0.39, 0.29) is 5.97 Å². The topological polar surface area (TPSA) is 40.5 Å². The quantitative estimate of drug-likeness (QED) is 0.687. The van der Waals surface area contributed by atoms with E-state index in [0.29, 0.717) is 12.2 Å². The Balaban J connectivity index is 2.08. The molecule has 0 saturated heterocycles. The van der Waals surface area contributed by atoms with Crippen molar-refractivity contribution in [3.05, 3.63) is 52.5 Å². The van der Waals surface area contributed by atoms with Gasteiger partial charge in [-0.1, -0.05) is 12.1 Å². The van der Waals surface area contributed by atoms with Crippen LogP contribution in [0.3, 0.4) is 0 Å². The summed E-state index contributed by atoms with van der Waals surface area (Å²) >= 11 is 1.68. The lowest BCUT2D eigenvalue weighted by Gasteiger charge is -2.10. The number of benzene rings is 1. The van der Waals surface area contributed by atoms with E-state index in [1.165, 1.54) is 12.0 Å². The average molecular weight is 315 g/mol. The van der Waals surface area contributed by atoms with Crippen LogP contribution in [0.2, 0.25) is 0 Å². The highest BCUT2D eigenvalue weighted by Gasteiger charge is 2.18. The van der Waals surface area contributed by atoms with Gasteiger partial charge >= 0.3 is 5.97 Å². The van der Waals surface area contributed by atoms with E-state index in [2.05, 4.69) is 13.0 Å². The fourth-order valence-electron chi connectivity index (χ4n) is 2.56. The van der Waals surface area contributed by atoms with Crippen LogP contribution >= 0.6 is 11.3 Å². The second-order valence-corrected chi connectivity index (χ2v) is 6.35. The number of esters is 1. The Labute approximate surface area is 132 Å². The number of hydrogen-bond acceptors (Lipinski definition) is 4. The predicted octanol–water partition coefficient (Wildman–Crippen LogP) is 3.85. The molecule has 1 aromatic carbocycles. The van der Waals surface area contributed by atoms with Gasteiger partial charge in [-0.25, -0.2) is 4.79 Å². The SMILES string of the molecule is COC(=O)c1cc2sc(C)cc2n1Cc1cccc(OC)c1. The smallest absolute Gasteiger partial charge is 0.354 e. The summed E-state index contributed by atoms with van der Waals surface area (Å²) in [6.07, 6.45) is 0. The van der Waals surface area contributed by atoms with E-state index in [9.17, 15) is 4.79 Å². The zero-order valence-corrected chi connectivity index (χ0v) is 13.6. The van der Waals surface area contributed by atoms with Crippen LogP contribution in [0, 0.1) is 6.92 Å². The first-order chi connectivity index (χ1) is 10.6. The monoisotopic (exact) mass is 315 g/mol. The molecule has 2 aromatic heterocycles. The van der Waals surface area contributed by atoms with Crippen molar-refractivity contribution in [1.29, 1.82) is 0 Å². The van der Waals surface area contributed by atoms with Gasteiger partial charge in [-0.3, -0.25) is 0 Å². The number of carbonyl (C=O) groups is 1. The minimum absolute atomic E-state index is 0.316. The molecular weight excluding hydrogens is 298 g/mol. The molecule has 5 heteroatoms. The first kappa shape index (κ1) is 14.7. The van der Waals surface area contributed by atoms with E-state index in [4.69, 9.17) is 9.47 Å². The summed E-state index contributed by atoms with van der Waals surface area (Å²) in [6.45, 7) is 2.67. The molecule has 0 atom stereocenters. The first-order valence-corrected chi connectivity index (χ1v) is 7.75. The number of thiophene rings is 1. The van der Waals surface area contributed by atoms with Gasteiger partial charge in [0.05, 0.1) is 24.4 Å². The third-order valence-corrected chi connectivity index (χ3v) is 4.57. The van der Waals surface area contributed by atoms with Gasteiger partial charge in [0.15, 0.2) is 0 Å². The molecule has 0 saturated carbocycles. The number of rotatable bonds is 4. The van der Waals surface area contributed by atoms with Gasteiger partial charge in [-0.15, -0.1) is 11.3 Å². The normalized spacial score (nSPS) is 10.9. The maximum atomic E-state index is 12.0. The Hall–Kier alpha value is -2.27. The summed E-state index contributed by atoms with van der Waals surface area (Å²) in [4.78, 5) is 13.3. The summed E-state index contributed by atoms with van der Waals surface area (Å²) in [5.41, 5.74) is 2.71. The van der Waals surface area contributed by atoms with E-state index < -0.39 is 0 Å². The fraction of sp³-hybridized carbons (Fsp3) is 0.235. The van der Waals surface area contributed by atoms with Crippen LogP contribution in [-0.4, -0.2) is 24.8 Å². The standard InChI is InChI=1S/C17H17NO3S/c1-11-7-14-16(22-11)9-15(17(19)21-3)18(14)10-12-5-4-6-13(8-12)20-2/h4-9H,10H2,1-3H3. The second kappa shape index (κ2) is 5.85. The number of hydrogen-bond donors (Lipinski definition) is 0. The third kappa shape index (κ3) is 2.60. The number of ether oxygens (including phenoxy) is 2. The second-order valence-electron chi connectivity index (χ2n) is 5.07. The van der Waals surface area contributed by atoms with Crippen LogP contribution in [0.5, 0.6) is 5.75 Å². The molecule has 3 aromatic rings. The van der Waals surface area contributed by atoms with Crippen molar-refractivity contribution in [1.82, 2.24) is 4.57 Å². The Morgan fingerprint density at radius 1 is 1.23 bits per heavy atom. The molecular formula is C17H17NO3S. The van der Waals surface area contributed by atoms with Crippen molar-refractivity contribution < 1.29 is 14.3 Å². The lowest BCUT2D eigenvalue weighted by Crippen LogP contribution is -2.11. The summed E-state index contributed by atoms with van der Waals surface area (Å²) in [5.74, 6) is 0.492. The third-order valence-electron chi connectivity index (χ3n) is 3.58. The molecule has 0 aliphatic rings. The van der Waals surface area contributed by atoms with Crippen molar-refractivity contribution in [3.63, 3.8) is 0 Å². The van der Waals surface area contributed by atoms with E-state index in [1.807, 2.05) is 34.9 Å². The van der Waals surface area contributed by atoms with Crippen LogP contribution in [0.15, 0.2) is 36.4 Å². The van der Waals surface area contributed by atoms with E-state index >= 15 is 0 Å². The first-order valence-electron chi connectivity index (χ1n) is 6.93. The van der Waals surface area contributed by atoms with Gasteiger partial charge in [0, 0.05) is 11.4 Å². The Morgan fingerprint density at radius 3 is 2.77 bits per heavy atom. The van der Waals surface area contributed by atoms with Crippen molar-refractivity contribution in [3.8, 4) is 5.75 Å². The fourth-order valence-corrected chi connectivity index (χ4v) is 3.52. The number of methoxy groups -OCH3 is 2. The van der Waals surface area contributed by atoms with Gasteiger partial charge in [0.2, 0.25) is 0 Å². The number of aromatic nitrogens is 1. The largest absolute Gasteiger partial charge is 0.497 e. The van der Waals surface area contributed by atoms with Crippen LogP contribution in [0.4, 0.5) is 0 Å². The number of fused-ring (bicyclic) bond motifs is 1. The summed E-state index contributed by atoms with van der Waals surface area (Å²) in [7, 11) is 3.06. The van der Waals surface area contributed by atoms with Gasteiger partial charge in [0.1, 0.15) is 11.4 Å². The lowest BCUT2D eigenvalue weighted by atomic mass is 10.2. The van der Waals surface area contributed by atoms with Crippen LogP contribution < -0.4 is 4.74 Å². The summed E-state index contributed by atoms with van der Waals surface area (Å²) < 4.78 is 13.3. The maximum Gasteiger partial charge on any atom is 0.354 e. The Morgan fingerprint density at radius 2 is 2.05 bits per heavy atom. The molecule has 3 rings (SSSR count). The molecule has 0 N–H and O–H groups in total. The zero-order valence-electron chi connectivity index (χ0n) is 12.8. The molecule has 0 aliphatic carbocycles. The number of nitrogens with zero attached hydrogens (tertiary/aromatic N) is 1. The van der Waals surface area contributed by atoms with Crippen molar-refractivity contribution in [2.75, 3.05) is 14.2 Å². The van der Waals surface area contributed by atoms with Gasteiger partial charge < -0.3 is 14.0 Å². The molecule has 2 heterocycles. The number of aryl methyl sites for hydroxylation is 1. The summed E-state index contributed by atoms with van der Waals surface area (Å²) in [6, 6.07) is 11.9. The zero-order chi connectivity index (χ0) is 15.7. The molecule has 0 fully saturated rings. The lowest BCUT2D eigenvalue weighted by molar-refractivity contribution is 0.0589. The van der Waals surface area contributed by atoms with Crippen LogP contribution in [-0.2, 0) is 11.3 Å². The Bertz CT molecular complexity index is 832. The minimum atomic E-state index is -0.316. The van der Waals surface area contributed by atoms with Crippen molar-refractivity contribution >= 4 is 27.5 Å². The molecule has 4 nitrogen and oxygen atoms in total. The average Bonchev–Trinajstić information content (AvgIpc) is 3.04. The van der Waals surface area contributed by atoms with Crippen LogP contribution in [0.25, 0.3) is 10.2 Å². The predicted molar refractivity (Wildman–Crippen MR) is 88.0 cm³/mol. The molecule has 0 bridgehead atoms. The molecule has 0 spiro atoms. The van der Waals surface area contributed by atoms with Gasteiger partial charge in [0.25, 0.3) is 0 Å². The Kier molecular flexibility index (Phi) is 3.90. The van der Waals surface area contributed by atoms with Crippen LogP contribution in [0.1, 0.15) is 20.9 Å². The molecule has 114 valence electrons. The molecule has 0 unspecified atom stereocenters. The van der Waals surface area contributed by atoms with Crippen molar-refractivity contribution in [2.24, 2.45) is 0 Å². The highest BCUT2D eigenvalue weighted by atomic mass is 32.1. The highest BCUT2D eigenvalue weighted by Crippen LogP contribution is 2.30. The van der Waals surface area contributed by atoms with E-state index in [0.717, 1.165) is 21.5 Å². The number of carbonyl (C=O) groups excluding carboxylic acids is 1. The maximum absolute atomic E-state index is 12.0. The van der Waals surface area contributed by atoms with Gasteiger partial charge in [-0.2, -0.15) is 0 Å². The van der Waals surface area contributed by atoms with E-state index in [1.54, 1.807) is 18.4 Å². The highest BCUT2D eigenvalue weighted by molar-refractivity contribution is 7.19. The molecule has 22 heavy (non-hydrogen) atoms. The van der Waals surface area contributed by atoms with Gasteiger partial charge in [-0.05, 0) is 36.8 Å². The molecule has 0 radical (unpaired) electrons. The molecule has 0 aliphatic heterocycles. The molecule has 0 amide bonds. The van der Waals surface area contributed by atoms with Crippen molar-refractivity contribution in [2.45, 2.75) is 13.5 Å². The summed E-state index contributed by atoms with van der Waals surface area (Å²) in [5, 5.41) is 0. The minimum Gasteiger partial charge on any atom is -0.497 e.